The van der Waals surface area contributed by atoms with Crippen LogP contribution in [0.1, 0.15) is 112 Å². The van der Waals surface area contributed by atoms with Gasteiger partial charge in [0.15, 0.2) is 0 Å². The van der Waals surface area contributed by atoms with E-state index in [0.29, 0.717) is 31.8 Å². The number of hydrogen-bond donors (Lipinski definition) is 2. The number of cyclic esters (lactones) is 1. The van der Waals surface area contributed by atoms with Crippen molar-refractivity contribution in [3.8, 4) is 22.5 Å². The molecule has 0 radical (unpaired) electrons. The second-order valence-corrected chi connectivity index (χ2v) is 23.4. The Morgan fingerprint density at radius 2 is 1.85 bits per heavy atom. The van der Waals surface area contributed by atoms with Gasteiger partial charge in [0.1, 0.15) is 23.4 Å². The van der Waals surface area contributed by atoms with Crippen molar-refractivity contribution in [2.24, 2.45) is 17.3 Å². The number of hydrazine groups is 1. The zero-order chi connectivity index (χ0) is 48.9. The van der Waals surface area contributed by atoms with Crippen molar-refractivity contribution in [2.75, 3.05) is 60.0 Å². The summed E-state index contributed by atoms with van der Waals surface area (Å²) >= 11 is 1.54. The van der Waals surface area contributed by atoms with Gasteiger partial charge in [-0.05, 0) is 107 Å². The van der Waals surface area contributed by atoms with Gasteiger partial charge in [-0.25, -0.2) is 20.4 Å². The summed E-state index contributed by atoms with van der Waals surface area (Å²) < 4.78 is 14.9. The minimum absolute atomic E-state index is 0.00353. The van der Waals surface area contributed by atoms with Crippen molar-refractivity contribution >= 4 is 40.0 Å². The van der Waals surface area contributed by atoms with E-state index in [1.165, 1.54) is 24.7 Å². The molecule has 6 fully saturated rings. The molecule has 1 spiro atoms. The number of amides is 2. The Balaban J connectivity index is 1.00. The highest BCUT2D eigenvalue weighted by Crippen LogP contribution is 2.54. The van der Waals surface area contributed by atoms with Gasteiger partial charge in [0.25, 0.3) is 5.91 Å². The van der Waals surface area contributed by atoms with Crippen molar-refractivity contribution in [3.05, 3.63) is 82.5 Å². The number of nitrogens with zero attached hydrogens (tertiary/aromatic N) is 9. The first-order valence-electron chi connectivity index (χ1n) is 25.9. The summed E-state index contributed by atoms with van der Waals surface area (Å²) in [5.41, 5.74) is 10.8. The molecule has 5 aromatic rings. The summed E-state index contributed by atoms with van der Waals surface area (Å²) in [5.74, 6) is -1.29. The lowest BCUT2D eigenvalue weighted by atomic mass is 9.84. The number of hydrogen-bond acceptors (Lipinski definition) is 14. The van der Waals surface area contributed by atoms with E-state index >= 15 is 4.79 Å². The lowest BCUT2D eigenvalue weighted by molar-refractivity contribution is -0.156. The molecule has 374 valence electrons. The third-order valence-electron chi connectivity index (χ3n) is 17.2. The molecule has 7 atom stereocenters. The highest BCUT2D eigenvalue weighted by molar-refractivity contribution is 7.10. The summed E-state index contributed by atoms with van der Waals surface area (Å²) in [6.45, 7) is 13.5. The van der Waals surface area contributed by atoms with Crippen molar-refractivity contribution in [3.63, 3.8) is 0 Å². The minimum atomic E-state index is -1.00. The van der Waals surface area contributed by atoms with Crippen LogP contribution in [0.4, 0.5) is 0 Å². The standard InChI is InChI=1S/C54H67N11O5S/c1-31-43(39-16-19-55-30-57-39)44(31)49(66)59-46-48(63-27-54(28-63)17-9-20-61(54)5)50-58-41(26-71-50)33-12-15-42-37(22-33)38(23-53(3,4)29-70-52(68)40-11-8-21-64(60-40)51(46)67)47(36-10-7-18-56-45(36)32(2)69-6)65(42)35-24-62(25-35)34-13-14-34/h7,10,12,15-16,18-19,22,26,30-32,34-35,40,43-44,46,48,60H,8-9,11,13-14,17,20-21,23-25,27-29H2,1-6H3,(H,59,66)/t31-,32-,40-,43-,44+,46-,48-/m0/s1. The van der Waals surface area contributed by atoms with Crippen LogP contribution in [0.2, 0.25) is 0 Å². The minimum Gasteiger partial charge on any atom is -0.464 e. The molecule has 6 bridgehead atoms. The predicted molar refractivity (Wildman–Crippen MR) is 270 cm³/mol. The third kappa shape index (κ3) is 8.37. The molecule has 71 heavy (non-hydrogen) atoms. The summed E-state index contributed by atoms with van der Waals surface area (Å²) in [7, 11) is 3.93. The monoisotopic (exact) mass is 982 g/mol. The normalized spacial score (nSPS) is 28.6. The summed E-state index contributed by atoms with van der Waals surface area (Å²) in [4.78, 5) is 71.0. The van der Waals surface area contributed by atoms with Crippen LogP contribution in [-0.2, 0) is 30.3 Å². The number of pyridine rings is 1. The Bertz CT molecular complexity index is 2850. The molecule has 2 aliphatic carbocycles. The largest absolute Gasteiger partial charge is 0.464 e. The van der Waals surface area contributed by atoms with Crippen molar-refractivity contribution < 1.29 is 23.9 Å². The Kier molecular flexibility index (Phi) is 11.9. The van der Waals surface area contributed by atoms with E-state index < -0.39 is 29.5 Å². The van der Waals surface area contributed by atoms with Crippen LogP contribution in [0.25, 0.3) is 33.4 Å². The number of esters is 1. The van der Waals surface area contributed by atoms with Gasteiger partial charge in [0.2, 0.25) is 5.91 Å². The van der Waals surface area contributed by atoms with Gasteiger partial charge in [-0.1, -0.05) is 26.8 Å². The van der Waals surface area contributed by atoms with Crippen molar-refractivity contribution in [1.82, 2.24) is 55.0 Å². The zero-order valence-electron chi connectivity index (χ0n) is 41.8. The quantitative estimate of drug-likeness (QED) is 0.158. The molecule has 2 saturated carbocycles. The first-order chi connectivity index (χ1) is 34.3. The first-order valence-corrected chi connectivity index (χ1v) is 26.8. The van der Waals surface area contributed by atoms with Crippen LogP contribution >= 0.6 is 11.3 Å². The molecule has 2 amide bonds. The Labute approximate surface area is 419 Å². The fraction of sp³-hybridized carbons (Fsp3) is 0.574. The molecule has 4 saturated heterocycles. The predicted octanol–water partition coefficient (Wildman–Crippen LogP) is 6.32. The topological polar surface area (TPSA) is 163 Å². The van der Waals surface area contributed by atoms with Gasteiger partial charge in [-0.2, -0.15) is 0 Å². The number of likely N-dealkylation sites (tertiary alicyclic amines) is 3. The number of carbonyl (C=O) groups is 3. The van der Waals surface area contributed by atoms with Crippen LogP contribution in [-0.4, -0.2) is 146 Å². The number of rotatable bonds is 9. The zero-order valence-corrected chi connectivity index (χ0v) is 42.7. The lowest BCUT2D eigenvalue weighted by Gasteiger charge is -2.55. The van der Waals surface area contributed by atoms with Crippen molar-refractivity contribution in [2.45, 2.75) is 120 Å². The highest BCUT2D eigenvalue weighted by atomic mass is 32.1. The molecule has 9 heterocycles. The van der Waals surface area contributed by atoms with Crippen LogP contribution in [0.5, 0.6) is 0 Å². The lowest BCUT2D eigenvalue weighted by Crippen LogP contribution is -2.70. The number of benzene rings is 1. The maximum atomic E-state index is 15.4. The molecular formula is C54H67N11O5S. The molecule has 17 heteroatoms. The van der Waals surface area contributed by atoms with Gasteiger partial charge in [-0.15, -0.1) is 11.3 Å². The van der Waals surface area contributed by atoms with E-state index in [9.17, 15) is 9.59 Å². The average Bonchev–Trinajstić information content (AvgIpc) is 4.16. The van der Waals surface area contributed by atoms with E-state index in [0.717, 1.165) is 95.4 Å². The van der Waals surface area contributed by atoms with E-state index in [1.54, 1.807) is 29.7 Å². The highest BCUT2D eigenvalue weighted by Gasteiger charge is 2.57. The number of fused-ring (bicyclic) bond motifs is 6. The summed E-state index contributed by atoms with van der Waals surface area (Å²) in [6, 6.07) is 11.4. The van der Waals surface area contributed by atoms with Crippen LogP contribution < -0.4 is 10.7 Å². The van der Waals surface area contributed by atoms with Gasteiger partial charge in [-0.3, -0.25) is 39.1 Å². The number of aromatic nitrogens is 5. The molecule has 5 aliphatic heterocycles. The van der Waals surface area contributed by atoms with Gasteiger partial charge in [0, 0.05) is 114 Å². The van der Waals surface area contributed by atoms with Gasteiger partial charge < -0.3 is 19.4 Å². The Hall–Kier alpha value is -5.17. The molecule has 1 aromatic carbocycles. The smallest absolute Gasteiger partial charge is 0.324 e. The van der Waals surface area contributed by atoms with Gasteiger partial charge in [0.05, 0.1) is 41.9 Å². The fourth-order valence-electron chi connectivity index (χ4n) is 12.8. The number of ether oxygens (including phenoxy) is 2. The van der Waals surface area contributed by atoms with Crippen LogP contribution in [0, 0.1) is 17.3 Å². The first kappa shape index (κ1) is 46.9. The Morgan fingerprint density at radius 3 is 2.59 bits per heavy atom. The summed E-state index contributed by atoms with van der Waals surface area (Å²) in [6.07, 6.45) is 11.3. The molecule has 12 rings (SSSR count). The second-order valence-electron chi connectivity index (χ2n) is 22.5. The fourth-order valence-corrected chi connectivity index (χ4v) is 13.8. The SMILES string of the molecule is CO[C@@H](C)c1ncccc1-c1c2c3cc(ccc3n1C1CN(C3CC3)C1)-c1csc(n1)[C@@H](N1CC3(CCCN3C)C1)[C@H](NC(=O)[C@@H]1[C@@H](C)[C@H]1c1ccncn1)C(=O)N1CCC[C@H](N1)C(=O)OCC(C)(C)C2. The van der Waals surface area contributed by atoms with Crippen LogP contribution in [0.3, 0.4) is 0 Å². The molecule has 0 unspecified atom stereocenters. The maximum Gasteiger partial charge on any atom is 0.324 e. The number of thiazole rings is 1. The van der Waals surface area contributed by atoms with Crippen LogP contribution in [0.15, 0.2) is 60.5 Å². The molecule has 16 nitrogen and oxygen atoms in total. The second kappa shape index (κ2) is 18.1. The van der Waals surface area contributed by atoms with Gasteiger partial charge >= 0.3 is 5.97 Å². The molecule has 2 N–H and O–H groups in total. The number of likely N-dealkylation sites (N-methyl/N-ethyl adjacent to an activating group) is 1. The number of carbonyl (C=O) groups excluding carboxylic acids is 3. The molecule has 4 aromatic heterocycles. The Morgan fingerprint density at radius 1 is 1.01 bits per heavy atom. The number of nitrogens with one attached hydrogen (secondary N) is 2. The summed E-state index contributed by atoms with van der Waals surface area (Å²) in [5, 5.41) is 8.93. The third-order valence-corrected chi connectivity index (χ3v) is 18.1. The average molecular weight is 982 g/mol. The number of methoxy groups -OCH3 is 1. The van der Waals surface area contributed by atoms with E-state index in [-0.39, 0.29) is 53.9 Å². The molecule has 7 aliphatic rings. The van der Waals surface area contributed by atoms with E-state index in [1.807, 2.05) is 18.3 Å². The van der Waals surface area contributed by atoms with E-state index in [4.69, 9.17) is 19.4 Å². The maximum absolute atomic E-state index is 15.4. The molecular weight excluding hydrogens is 915 g/mol. The van der Waals surface area contributed by atoms with Crippen molar-refractivity contribution in [1.29, 1.82) is 0 Å². The van der Waals surface area contributed by atoms with E-state index in [2.05, 4.69) is 104 Å².